The van der Waals surface area contributed by atoms with E-state index in [1.807, 2.05) is 24.3 Å². The molecule has 0 nitrogen and oxygen atoms in total. The van der Waals surface area contributed by atoms with Crippen molar-refractivity contribution in [2.24, 2.45) is 5.92 Å². The van der Waals surface area contributed by atoms with E-state index in [-0.39, 0.29) is 0 Å². The Hall–Kier alpha value is -0.970. The number of benzene rings is 1. The van der Waals surface area contributed by atoms with Crippen LogP contribution in [0.15, 0.2) is 36.6 Å². The molecule has 0 radical (unpaired) electrons. The third-order valence-corrected chi connectivity index (χ3v) is 2.26. The Labute approximate surface area is 84.5 Å². The Morgan fingerprint density at radius 1 is 1.38 bits per heavy atom. The number of allylic oxidation sites excluding steroid dienone is 1. The molecule has 0 aliphatic rings. The van der Waals surface area contributed by atoms with Gasteiger partial charge in [-0.25, -0.2) is 0 Å². The van der Waals surface area contributed by atoms with E-state index in [1.165, 1.54) is 0 Å². The summed E-state index contributed by atoms with van der Waals surface area (Å²) in [5.74, 6) is 0.400. The number of hydrogen-bond acceptors (Lipinski definition) is 0. The normalized spacial score (nSPS) is 9.85. The van der Waals surface area contributed by atoms with Gasteiger partial charge in [0, 0.05) is 16.2 Å². The van der Waals surface area contributed by atoms with Gasteiger partial charge in [-0.15, -0.1) is 5.73 Å². The Morgan fingerprint density at radius 3 is 2.46 bits per heavy atom. The van der Waals surface area contributed by atoms with E-state index in [4.69, 9.17) is 11.6 Å². The lowest BCUT2D eigenvalue weighted by Gasteiger charge is -2.10. The third kappa shape index (κ3) is 2.24. The molecule has 0 heterocycles. The van der Waals surface area contributed by atoms with Crippen molar-refractivity contribution in [1.29, 1.82) is 0 Å². The SMILES string of the molecule is C=C=C(c1ccccc1Cl)C(C)C. The molecule has 1 aromatic rings. The monoisotopic (exact) mass is 192 g/mol. The van der Waals surface area contributed by atoms with Crippen LogP contribution in [-0.4, -0.2) is 0 Å². The van der Waals surface area contributed by atoms with Crippen LogP contribution in [0.2, 0.25) is 5.02 Å². The zero-order chi connectivity index (χ0) is 9.84. The maximum Gasteiger partial charge on any atom is 0.0487 e. The summed E-state index contributed by atoms with van der Waals surface area (Å²) in [5, 5.41) is 0.766. The molecule has 0 unspecified atom stereocenters. The van der Waals surface area contributed by atoms with E-state index < -0.39 is 0 Å². The van der Waals surface area contributed by atoms with Gasteiger partial charge in [-0.2, -0.15) is 0 Å². The van der Waals surface area contributed by atoms with Crippen molar-refractivity contribution < 1.29 is 0 Å². The minimum Gasteiger partial charge on any atom is -0.124 e. The van der Waals surface area contributed by atoms with Crippen molar-refractivity contribution in [3.63, 3.8) is 0 Å². The van der Waals surface area contributed by atoms with Crippen LogP contribution in [0.1, 0.15) is 19.4 Å². The van der Waals surface area contributed by atoms with Crippen molar-refractivity contribution >= 4 is 17.2 Å². The molecule has 0 bridgehead atoms. The van der Waals surface area contributed by atoms with Gasteiger partial charge in [0.05, 0.1) is 0 Å². The van der Waals surface area contributed by atoms with E-state index >= 15 is 0 Å². The Bertz CT molecular complexity index is 344. The molecule has 1 heteroatoms. The highest BCUT2D eigenvalue weighted by Crippen LogP contribution is 2.27. The third-order valence-electron chi connectivity index (χ3n) is 1.93. The van der Waals surface area contributed by atoms with Gasteiger partial charge in [0.1, 0.15) is 0 Å². The summed E-state index contributed by atoms with van der Waals surface area (Å²) in [6.45, 7) is 7.90. The largest absolute Gasteiger partial charge is 0.124 e. The predicted molar refractivity (Wildman–Crippen MR) is 58.8 cm³/mol. The first-order valence-electron chi connectivity index (χ1n) is 4.31. The molecule has 1 rings (SSSR count). The summed E-state index contributed by atoms with van der Waals surface area (Å²) in [6.07, 6.45) is 0. The fourth-order valence-electron chi connectivity index (χ4n) is 1.29. The minimum atomic E-state index is 0.400. The van der Waals surface area contributed by atoms with Gasteiger partial charge in [0.2, 0.25) is 0 Å². The van der Waals surface area contributed by atoms with Gasteiger partial charge in [0.25, 0.3) is 0 Å². The Balaban J connectivity index is 3.21. The van der Waals surface area contributed by atoms with Gasteiger partial charge < -0.3 is 0 Å². The molecule has 0 fully saturated rings. The first-order chi connectivity index (χ1) is 6.16. The van der Waals surface area contributed by atoms with Crippen molar-refractivity contribution in [2.75, 3.05) is 0 Å². The van der Waals surface area contributed by atoms with E-state index in [2.05, 4.69) is 26.2 Å². The highest BCUT2D eigenvalue weighted by Gasteiger charge is 2.08. The number of hydrogen-bond donors (Lipinski definition) is 0. The Kier molecular flexibility index (Phi) is 3.36. The lowest BCUT2D eigenvalue weighted by molar-refractivity contribution is 0.857. The van der Waals surface area contributed by atoms with E-state index in [0.717, 1.165) is 16.2 Å². The van der Waals surface area contributed by atoms with E-state index in [9.17, 15) is 0 Å². The van der Waals surface area contributed by atoms with Crippen LogP contribution in [0, 0.1) is 5.92 Å². The average molecular weight is 193 g/mol. The van der Waals surface area contributed by atoms with Gasteiger partial charge in [-0.05, 0) is 12.0 Å². The second-order valence-corrected chi connectivity index (χ2v) is 3.63. The summed E-state index contributed by atoms with van der Waals surface area (Å²) >= 11 is 6.05. The Morgan fingerprint density at radius 2 is 2.00 bits per heavy atom. The van der Waals surface area contributed by atoms with E-state index in [1.54, 1.807) is 0 Å². The summed E-state index contributed by atoms with van der Waals surface area (Å²) < 4.78 is 0. The van der Waals surface area contributed by atoms with Crippen LogP contribution in [0.25, 0.3) is 5.57 Å². The summed E-state index contributed by atoms with van der Waals surface area (Å²) in [7, 11) is 0. The molecule has 0 atom stereocenters. The van der Waals surface area contributed by atoms with Crippen LogP contribution < -0.4 is 0 Å². The van der Waals surface area contributed by atoms with Gasteiger partial charge in [-0.1, -0.05) is 50.2 Å². The topological polar surface area (TPSA) is 0 Å². The molecule has 1 aromatic carbocycles. The molecule has 68 valence electrons. The number of rotatable bonds is 2. The molecule has 0 N–H and O–H groups in total. The molecule has 0 aromatic heterocycles. The molecular weight excluding hydrogens is 180 g/mol. The van der Waals surface area contributed by atoms with Crippen molar-refractivity contribution in [3.8, 4) is 0 Å². The smallest absolute Gasteiger partial charge is 0.0487 e. The summed E-state index contributed by atoms with van der Waals surface area (Å²) in [4.78, 5) is 0. The van der Waals surface area contributed by atoms with Crippen LogP contribution in [0.5, 0.6) is 0 Å². The standard InChI is InChI=1S/C12H13Cl/c1-4-10(9(2)3)11-7-5-6-8-12(11)13/h5-9H,1H2,2-3H3. The first kappa shape index (κ1) is 10.1. The highest BCUT2D eigenvalue weighted by atomic mass is 35.5. The van der Waals surface area contributed by atoms with Crippen LogP contribution in [0.4, 0.5) is 0 Å². The van der Waals surface area contributed by atoms with Crippen molar-refractivity contribution in [1.82, 2.24) is 0 Å². The number of halogens is 1. The van der Waals surface area contributed by atoms with Crippen molar-refractivity contribution in [2.45, 2.75) is 13.8 Å². The summed E-state index contributed by atoms with van der Waals surface area (Å²) in [6, 6.07) is 7.78. The molecule has 0 aliphatic carbocycles. The molecule has 0 amide bonds. The fraction of sp³-hybridized carbons (Fsp3) is 0.250. The second kappa shape index (κ2) is 4.32. The zero-order valence-electron chi connectivity index (χ0n) is 7.97. The van der Waals surface area contributed by atoms with Crippen molar-refractivity contribution in [3.05, 3.63) is 47.2 Å². The lowest BCUT2D eigenvalue weighted by atomic mass is 9.96. The fourth-order valence-corrected chi connectivity index (χ4v) is 1.53. The van der Waals surface area contributed by atoms with Crippen LogP contribution >= 0.6 is 11.6 Å². The van der Waals surface area contributed by atoms with Gasteiger partial charge in [0.15, 0.2) is 0 Å². The average Bonchev–Trinajstić information content (AvgIpc) is 2.09. The molecule has 0 saturated heterocycles. The molecular formula is C12H13Cl. The minimum absolute atomic E-state index is 0.400. The zero-order valence-corrected chi connectivity index (χ0v) is 8.73. The summed E-state index contributed by atoms with van der Waals surface area (Å²) in [5.41, 5.74) is 5.05. The van der Waals surface area contributed by atoms with E-state index in [0.29, 0.717) is 5.92 Å². The van der Waals surface area contributed by atoms with Gasteiger partial charge >= 0.3 is 0 Å². The first-order valence-corrected chi connectivity index (χ1v) is 4.69. The predicted octanol–water partition coefficient (Wildman–Crippen LogP) is 4.16. The highest BCUT2D eigenvalue weighted by molar-refractivity contribution is 6.32. The van der Waals surface area contributed by atoms with Gasteiger partial charge in [-0.3, -0.25) is 0 Å². The molecule has 0 saturated carbocycles. The second-order valence-electron chi connectivity index (χ2n) is 3.22. The van der Waals surface area contributed by atoms with Crippen LogP contribution in [0.3, 0.4) is 0 Å². The maximum absolute atomic E-state index is 6.05. The maximum atomic E-state index is 6.05. The molecule has 0 aliphatic heterocycles. The lowest BCUT2D eigenvalue weighted by Crippen LogP contribution is -1.92. The quantitative estimate of drug-likeness (QED) is 0.618. The molecule has 0 spiro atoms. The molecule has 13 heavy (non-hydrogen) atoms. The van der Waals surface area contributed by atoms with Crippen LogP contribution in [-0.2, 0) is 0 Å².